The van der Waals surface area contributed by atoms with E-state index in [2.05, 4.69) is 30.3 Å². The monoisotopic (exact) mass is 384 g/mol. The maximum Gasteiger partial charge on any atom is 0.222 e. The van der Waals surface area contributed by atoms with Crippen molar-refractivity contribution in [3.05, 3.63) is 41.5 Å². The van der Waals surface area contributed by atoms with Crippen LogP contribution in [-0.4, -0.2) is 59.0 Å². The molecule has 0 saturated carbocycles. The fourth-order valence-electron chi connectivity index (χ4n) is 4.58. The zero-order valence-corrected chi connectivity index (χ0v) is 17.2. The quantitative estimate of drug-likeness (QED) is 0.819. The van der Waals surface area contributed by atoms with E-state index in [1.54, 1.807) is 16.8 Å². The molecular weight excluding hydrogens is 352 g/mol. The summed E-state index contributed by atoms with van der Waals surface area (Å²) in [5.41, 5.74) is 3.81. The van der Waals surface area contributed by atoms with Gasteiger partial charge in [-0.25, -0.2) is 0 Å². The van der Waals surface area contributed by atoms with Crippen molar-refractivity contribution in [2.75, 3.05) is 20.2 Å². The average Bonchev–Trinajstić information content (AvgIpc) is 2.71. The van der Waals surface area contributed by atoms with E-state index in [-0.39, 0.29) is 36.4 Å². The minimum atomic E-state index is -0.224. The van der Waals surface area contributed by atoms with E-state index >= 15 is 0 Å². The Morgan fingerprint density at radius 3 is 2.43 bits per heavy atom. The van der Waals surface area contributed by atoms with Crippen LogP contribution in [0.1, 0.15) is 63.0 Å². The molecule has 28 heavy (non-hydrogen) atoms. The molecule has 152 valence electrons. The predicted molar refractivity (Wildman–Crippen MR) is 111 cm³/mol. The Labute approximate surface area is 168 Å². The molecule has 5 nitrogen and oxygen atoms in total. The maximum absolute atomic E-state index is 12.5. The van der Waals surface area contributed by atoms with Crippen molar-refractivity contribution in [1.82, 2.24) is 9.80 Å². The molecule has 1 aliphatic carbocycles. The van der Waals surface area contributed by atoms with E-state index in [1.807, 2.05) is 6.92 Å². The number of nitrogens with zero attached hydrogens (tertiary/aromatic N) is 2. The Morgan fingerprint density at radius 1 is 1.18 bits per heavy atom. The summed E-state index contributed by atoms with van der Waals surface area (Å²) in [5.74, 6) is 0.0487. The third-order valence-corrected chi connectivity index (χ3v) is 6.28. The smallest absolute Gasteiger partial charge is 0.222 e. The molecule has 0 spiro atoms. The van der Waals surface area contributed by atoms with E-state index in [0.717, 1.165) is 18.4 Å². The first-order chi connectivity index (χ1) is 13.5. The molecule has 2 aliphatic rings. The lowest BCUT2D eigenvalue weighted by Crippen LogP contribution is -2.68. The Kier molecular flexibility index (Phi) is 6.55. The number of allylic oxidation sites excluding steroid dienone is 2. The number of aliphatic hydroxyl groups excluding tert-OH is 1. The van der Waals surface area contributed by atoms with Gasteiger partial charge in [0.1, 0.15) is 0 Å². The molecule has 1 N–H and O–H groups in total. The summed E-state index contributed by atoms with van der Waals surface area (Å²) in [6, 6.07) is 8.27. The molecular formula is C23H32N2O3. The SMILES string of the molecule is CCC(=O)N1[C@H](CO)[C@@H](c2ccc(C3=CCCCC3)cc2)[C@@H]1CN(C)C(C)=O. The number of likely N-dealkylation sites (N-methyl/N-ethyl adjacent to an activating group) is 1. The largest absolute Gasteiger partial charge is 0.394 e. The number of amides is 2. The molecule has 0 unspecified atom stereocenters. The molecule has 1 heterocycles. The highest BCUT2D eigenvalue weighted by Gasteiger charge is 2.50. The third kappa shape index (κ3) is 4.00. The van der Waals surface area contributed by atoms with Crippen LogP contribution in [0.5, 0.6) is 0 Å². The number of carbonyl (C=O) groups excluding carboxylic acids is 2. The molecule has 1 aromatic carbocycles. The molecule has 5 heteroatoms. The van der Waals surface area contributed by atoms with Gasteiger partial charge in [-0.1, -0.05) is 37.3 Å². The number of carbonyl (C=O) groups is 2. The van der Waals surface area contributed by atoms with Crippen LogP contribution in [0.2, 0.25) is 0 Å². The molecule has 1 saturated heterocycles. The summed E-state index contributed by atoms with van der Waals surface area (Å²) in [6.45, 7) is 3.79. The van der Waals surface area contributed by atoms with E-state index in [0.29, 0.717) is 13.0 Å². The van der Waals surface area contributed by atoms with Crippen molar-refractivity contribution in [2.24, 2.45) is 0 Å². The number of hydrogen-bond acceptors (Lipinski definition) is 3. The van der Waals surface area contributed by atoms with Gasteiger partial charge in [-0.05, 0) is 42.4 Å². The van der Waals surface area contributed by atoms with Crippen LogP contribution in [0.25, 0.3) is 5.57 Å². The molecule has 1 aromatic rings. The van der Waals surface area contributed by atoms with E-state index in [4.69, 9.17) is 0 Å². The Balaban J connectivity index is 1.85. The van der Waals surface area contributed by atoms with Gasteiger partial charge in [0.25, 0.3) is 0 Å². The van der Waals surface area contributed by atoms with Crippen LogP contribution in [0.3, 0.4) is 0 Å². The Morgan fingerprint density at radius 2 is 1.89 bits per heavy atom. The van der Waals surface area contributed by atoms with Gasteiger partial charge in [-0.2, -0.15) is 0 Å². The van der Waals surface area contributed by atoms with Gasteiger partial charge in [0.05, 0.1) is 18.7 Å². The van der Waals surface area contributed by atoms with Crippen molar-refractivity contribution in [3.8, 4) is 0 Å². The first-order valence-electron chi connectivity index (χ1n) is 10.4. The highest BCUT2D eigenvalue weighted by molar-refractivity contribution is 5.79. The molecule has 3 rings (SSSR count). The van der Waals surface area contributed by atoms with Crippen molar-refractivity contribution < 1.29 is 14.7 Å². The predicted octanol–water partition coefficient (Wildman–Crippen LogP) is 3.19. The molecule has 2 amide bonds. The number of aliphatic hydroxyl groups is 1. The van der Waals surface area contributed by atoms with Crippen LogP contribution in [0.15, 0.2) is 30.3 Å². The van der Waals surface area contributed by atoms with Gasteiger partial charge in [0, 0.05) is 32.9 Å². The molecule has 0 aromatic heterocycles. The molecule has 0 radical (unpaired) electrons. The van der Waals surface area contributed by atoms with E-state index in [9.17, 15) is 14.7 Å². The second-order valence-corrected chi connectivity index (χ2v) is 7.99. The summed E-state index contributed by atoms with van der Waals surface area (Å²) in [5, 5.41) is 9.97. The van der Waals surface area contributed by atoms with Crippen LogP contribution >= 0.6 is 0 Å². The number of benzene rings is 1. The normalized spacial score (nSPS) is 24.4. The Hall–Kier alpha value is -2.14. The van der Waals surface area contributed by atoms with Gasteiger partial charge in [-0.15, -0.1) is 0 Å². The van der Waals surface area contributed by atoms with Gasteiger partial charge in [0.2, 0.25) is 11.8 Å². The highest BCUT2D eigenvalue weighted by Crippen LogP contribution is 2.42. The van der Waals surface area contributed by atoms with E-state index < -0.39 is 0 Å². The second-order valence-electron chi connectivity index (χ2n) is 7.99. The molecule has 1 fully saturated rings. The minimum absolute atomic E-state index is 0.0188. The maximum atomic E-state index is 12.5. The van der Waals surface area contributed by atoms with Crippen LogP contribution < -0.4 is 0 Å². The molecule has 1 aliphatic heterocycles. The number of rotatable bonds is 6. The first-order valence-corrected chi connectivity index (χ1v) is 10.4. The second kappa shape index (κ2) is 8.91. The van der Waals surface area contributed by atoms with Crippen LogP contribution in [0.4, 0.5) is 0 Å². The summed E-state index contributed by atoms with van der Waals surface area (Å²) in [4.78, 5) is 27.6. The van der Waals surface area contributed by atoms with Crippen LogP contribution in [-0.2, 0) is 9.59 Å². The summed E-state index contributed by atoms with van der Waals surface area (Å²) in [7, 11) is 1.76. The van der Waals surface area contributed by atoms with Gasteiger partial charge in [-0.3, -0.25) is 9.59 Å². The first kappa shape index (κ1) is 20.6. The highest BCUT2D eigenvalue weighted by atomic mass is 16.3. The Bertz CT molecular complexity index is 741. The van der Waals surface area contributed by atoms with Gasteiger partial charge < -0.3 is 14.9 Å². The minimum Gasteiger partial charge on any atom is -0.394 e. The zero-order chi connectivity index (χ0) is 20.3. The van der Waals surface area contributed by atoms with Crippen molar-refractivity contribution in [1.29, 1.82) is 0 Å². The third-order valence-electron chi connectivity index (χ3n) is 6.28. The lowest BCUT2D eigenvalue weighted by atomic mass is 9.74. The lowest BCUT2D eigenvalue weighted by Gasteiger charge is -2.55. The van der Waals surface area contributed by atoms with Gasteiger partial charge >= 0.3 is 0 Å². The van der Waals surface area contributed by atoms with Gasteiger partial charge in [0.15, 0.2) is 0 Å². The fraction of sp³-hybridized carbons (Fsp3) is 0.565. The van der Waals surface area contributed by atoms with Crippen molar-refractivity contribution in [3.63, 3.8) is 0 Å². The summed E-state index contributed by atoms with van der Waals surface area (Å²) in [6.07, 6.45) is 7.54. The topological polar surface area (TPSA) is 60.9 Å². The lowest BCUT2D eigenvalue weighted by molar-refractivity contribution is -0.153. The number of hydrogen-bond donors (Lipinski definition) is 1. The van der Waals surface area contributed by atoms with Crippen molar-refractivity contribution >= 4 is 17.4 Å². The zero-order valence-electron chi connectivity index (χ0n) is 17.2. The fourth-order valence-corrected chi connectivity index (χ4v) is 4.58. The van der Waals surface area contributed by atoms with Crippen molar-refractivity contribution in [2.45, 2.75) is 64.0 Å². The number of likely N-dealkylation sites (tertiary alicyclic amines) is 1. The average molecular weight is 385 g/mol. The van der Waals surface area contributed by atoms with Crippen LogP contribution in [0, 0.1) is 0 Å². The summed E-state index contributed by atoms with van der Waals surface area (Å²) < 4.78 is 0. The standard InChI is InChI=1S/C23H32N2O3/c1-4-22(28)25-20(14-24(3)16(2)27)23(21(25)15-26)19-12-10-18(11-13-19)17-8-6-5-7-9-17/h8,10-13,20-21,23,26H,4-7,9,14-15H2,1-3H3/t20-,21+,23-/m0/s1. The molecule has 0 bridgehead atoms. The summed E-state index contributed by atoms with van der Waals surface area (Å²) >= 11 is 0. The van der Waals surface area contributed by atoms with E-state index in [1.165, 1.54) is 30.9 Å². The molecule has 3 atom stereocenters.